The first-order valence-corrected chi connectivity index (χ1v) is 8.97. The summed E-state index contributed by atoms with van der Waals surface area (Å²) in [5.74, 6) is -0.0774. The Labute approximate surface area is 143 Å². The summed E-state index contributed by atoms with van der Waals surface area (Å²) in [6, 6.07) is 12.4. The number of nitrogens with zero attached hydrogens (tertiary/aromatic N) is 1. The Bertz CT molecular complexity index is 652. The van der Waals surface area contributed by atoms with Crippen molar-refractivity contribution in [1.29, 1.82) is 0 Å². The fraction of sp³-hybridized carbons (Fsp3) is 0.474. The lowest BCUT2D eigenvalue weighted by molar-refractivity contribution is -0.928. The molecule has 5 nitrogen and oxygen atoms in total. The lowest BCUT2D eigenvalue weighted by Gasteiger charge is -2.30. The van der Waals surface area contributed by atoms with Crippen molar-refractivity contribution in [1.82, 2.24) is 15.5 Å². The molecular formula is C19H27N4O+. The van der Waals surface area contributed by atoms with Crippen molar-refractivity contribution >= 4 is 5.91 Å². The highest BCUT2D eigenvalue weighted by Gasteiger charge is 2.21. The van der Waals surface area contributed by atoms with Crippen LogP contribution in [-0.2, 0) is 0 Å². The molecule has 0 aliphatic carbocycles. The number of nitrogens with one attached hydrogen (secondary N) is 3. The van der Waals surface area contributed by atoms with Crippen LogP contribution < -0.4 is 10.2 Å². The summed E-state index contributed by atoms with van der Waals surface area (Å²) in [5.41, 5.74) is 2.33. The summed E-state index contributed by atoms with van der Waals surface area (Å²) in [6.07, 6.45) is 5.05. The Morgan fingerprint density at radius 2 is 2.17 bits per heavy atom. The topological polar surface area (TPSA) is 62.2 Å². The molecule has 0 spiro atoms. The Morgan fingerprint density at radius 1 is 1.33 bits per heavy atom. The van der Waals surface area contributed by atoms with Crippen LogP contribution in [0.1, 0.15) is 43.1 Å². The fourth-order valence-corrected chi connectivity index (χ4v) is 3.43. The van der Waals surface area contributed by atoms with Gasteiger partial charge < -0.3 is 10.2 Å². The number of benzene rings is 1. The van der Waals surface area contributed by atoms with Crippen LogP contribution in [0.5, 0.6) is 0 Å². The molecule has 0 radical (unpaired) electrons. The van der Waals surface area contributed by atoms with E-state index in [0.29, 0.717) is 5.69 Å². The van der Waals surface area contributed by atoms with Crippen molar-refractivity contribution in [3.63, 3.8) is 0 Å². The molecule has 2 heterocycles. The van der Waals surface area contributed by atoms with Crippen molar-refractivity contribution in [2.45, 2.75) is 38.6 Å². The van der Waals surface area contributed by atoms with Crippen LogP contribution in [0.2, 0.25) is 0 Å². The van der Waals surface area contributed by atoms with Gasteiger partial charge in [0.2, 0.25) is 0 Å². The quantitative estimate of drug-likeness (QED) is 0.707. The normalized spacial score (nSPS) is 20.7. The van der Waals surface area contributed by atoms with E-state index in [2.05, 4.69) is 22.4 Å². The number of likely N-dealkylation sites (tertiary alicyclic amines) is 1. The van der Waals surface area contributed by atoms with Crippen molar-refractivity contribution in [2.24, 2.45) is 0 Å². The summed E-state index contributed by atoms with van der Waals surface area (Å²) >= 11 is 0. The maximum absolute atomic E-state index is 12.2. The average molecular weight is 327 g/mol. The van der Waals surface area contributed by atoms with Crippen LogP contribution >= 0.6 is 0 Å². The number of hydrogen-bond donors (Lipinski definition) is 3. The Balaban J connectivity index is 1.45. The molecule has 128 valence electrons. The molecular weight excluding hydrogens is 300 g/mol. The second-order valence-corrected chi connectivity index (χ2v) is 6.70. The van der Waals surface area contributed by atoms with Crippen LogP contribution in [0.15, 0.2) is 36.4 Å². The van der Waals surface area contributed by atoms with Gasteiger partial charge in [-0.15, -0.1) is 0 Å². The van der Waals surface area contributed by atoms with Crippen LogP contribution in [0.4, 0.5) is 0 Å². The first-order chi connectivity index (χ1) is 11.7. The molecule has 1 aromatic heterocycles. The van der Waals surface area contributed by atoms with Gasteiger partial charge in [0, 0.05) is 18.5 Å². The molecule has 3 rings (SSSR count). The number of H-pyrrole nitrogens is 1. The number of quaternary nitrogens is 1. The van der Waals surface area contributed by atoms with Gasteiger partial charge in [0.15, 0.2) is 0 Å². The van der Waals surface area contributed by atoms with Crippen molar-refractivity contribution in [3.8, 4) is 11.3 Å². The molecule has 24 heavy (non-hydrogen) atoms. The number of hydrogen-bond acceptors (Lipinski definition) is 2. The number of aromatic amines is 1. The van der Waals surface area contributed by atoms with Gasteiger partial charge in [-0.25, -0.2) is 0 Å². The Morgan fingerprint density at radius 3 is 2.96 bits per heavy atom. The third kappa shape index (κ3) is 4.23. The van der Waals surface area contributed by atoms with Gasteiger partial charge in [-0.05, 0) is 32.3 Å². The molecule has 1 aliphatic rings. The summed E-state index contributed by atoms with van der Waals surface area (Å²) < 4.78 is 0. The Hall–Kier alpha value is -2.14. The predicted molar refractivity (Wildman–Crippen MR) is 95.0 cm³/mol. The molecule has 1 amide bonds. The highest BCUT2D eigenvalue weighted by atomic mass is 16.1. The summed E-state index contributed by atoms with van der Waals surface area (Å²) in [5, 5.41) is 10.1. The van der Waals surface area contributed by atoms with E-state index < -0.39 is 0 Å². The molecule has 3 N–H and O–H groups in total. The molecule has 2 aromatic rings. The molecule has 1 fully saturated rings. The Kier molecular flexibility index (Phi) is 5.64. The van der Waals surface area contributed by atoms with E-state index in [1.54, 1.807) is 4.90 Å². The maximum atomic E-state index is 12.2. The number of carbonyl (C=O) groups excluding carboxylic acids is 1. The van der Waals surface area contributed by atoms with Gasteiger partial charge in [0.25, 0.3) is 5.91 Å². The third-order valence-corrected chi connectivity index (χ3v) is 4.93. The van der Waals surface area contributed by atoms with Crippen LogP contribution in [0.25, 0.3) is 11.3 Å². The number of aromatic nitrogens is 2. The van der Waals surface area contributed by atoms with Crippen LogP contribution in [0, 0.1) is 0 Å². The average Bonchev–Trinajstić information content (AvgIpc) is 3.11. The SMILES string of the molecule is C[C@@H]1CCCC[NH+]1CCCNC(=O)c1cc(-c2ccccc2)n[nH]1. The van der Waals surface area contributed by atoms with Crippen LogP contribution in [0.3, 0.4) is 0 Å². The van der Waals surface area contributed by atoms with E-state index in [4.69, 9.17) is 0 Å². The first kappa shape index (κ1) is 16.7. The van der Waals surface area contributed by atoms with Crippen molar-refractivity contribution in [3.05, 3.63) is 42.1 Å². The van der Waals surface area contributed by atoms with Crippen LogP contribution in [-0.4, -0.2) is 41.8 Å². The van der Waals surface area contributed by atoms with Gasteiger partial charge in [0.1, 0.15) is 5.69 Å². The number of rotatable bonds is 6. The lowest BCUT2D eigenvalue weighted by atomic mass is 10.0. The third-order valence-electron chi connectivity index (χ3n) is 4.93. The monoisotopic (exact) mass is 327 g/mol. The van der Waals surface area contributed by atoms with E-state index in [1.165, 1.54) is 25.8 Å². The van der Waals surface area contributed by atoms with E-state index in [9.17, 15) is 4.79 Å². The van der Waals surface area contributed by atoms with Gasteiger partial charge in [0.05, 0.1) is 24.8 Å². The molecule has 0 saturated carbocycles. The van der Waals surface area contributed by atoms with Crippen molar-refractivity contribution in [2.75, 3.05) is 19.6 Å². The summed E-state index contributed by atoms with van der Waals surface area (Å²) in [4.78, 5) is 13.9. The highest BCUT2D eigenvalue weighted by molar-refractivity contribution is 5.93. The molecule has 1 aromatic carbocycles. The number of amides is 1. The number of piperidine rings is 1. The van der Waals surface area contributed by atoms with E-state index in [0.717, 1.165) is 36.8 Å². The van der Waals surface area contributed by atoms with Gasteiger partial charge in [-0.2, -0.15) is 5.10 Å². The highest BCUT2D eigenvalue weighted by Crippen LogP contribution is 2.16. The maximum Gasteiger partial charge on any atom is 0.269 e. The van der Waals surface area contributed by atoms with Gasteiger partial charge in [-0.1, -0.05) is 30.3 Å². The van der Waals surface area contributed by atoms with E-state index in [1.807, 2.05) is 36.4 Å². The van der Waals surface area contributed by atoms with E-state index >= 15 is 0 Å². The molecule has 1 unspecified atom stereocenters. The number of carbonyl (C=O) groups is 1. The second kappa shape index (κ2) is 8.11. The summed E-state index contributed by atoms with van der Waals surface area (Å²) in [6.45, 7) is 5.47. The van der Waals surface area contributed by atoms with Gasteiger partial charge >= 0.3 is 0 Å². The zero-order valence-corrected chi connectivity index (χ0v) is 14.3. The largest absolute Gasteiger partial charge is 0.350 e. The standard InChI is InChI=1S/C19H26N4O/c1-15-8-5-6-12-23(15)13-7-11-20-19(24)18-14-17(21-22-18)16-9-3-2-4-10-16/h2-4,9-10,14-15H,5-8,11-13H2,1H3,(H,20,24)(H,21,22)/p+1/t15-/m1/s1. The second-order valence-electron chi connectivity index (χ2n) is 6.70. The smallest absolute Gasteiger partial charge is 0.269 e. The van der Waals surface area contributed by atoms with Gasteiger partial charge in [-0.3, -0.25) is 9.89 Å². The van der Waals surface area contributed by atoms with E-state index in [-0.39, 0.29) is 5.91 Å². The molecule has 1 saturated heterocycles. The summed E-state index contributed by atoms with van der Waals surface area (Å²) in [7, 11) is 0. The molecule has 2 atom stereocenters. The zero-order valence-electron chi connectivity index (χ0n) is 14.3. The molecule has 5 heteroatoms. The van der Waals surface area contributed by atoms with Crippen molar-refractivity contribution < 1.29 is 9.69 Å². The predicted octanol–water partition coefficient (Wildman–Crippen LogP) is 1.65. The molecule has 1 aliphatic heterocycles. The lowest BCUT2D eigenvalue weighted by Crippen LogP contribution is -3.16. The minimum atomic E-state index is -0.0774. The minimum Gasteiger partial charge on any atom is -0.350 e. The zero-order chi connectivity index (χ0) is 16.8. The minimum absolute atomic E-state index is 0.0774. The fourth-order valence-electron chi connectivity index (χ4n) is 3.43. The first-order valence-electron chi connectivity index (χ1n) is 8.97. The molecule has 0 bridgehead atoms.